The highest BCUT2D eigenvalue weighted by Crippen LogP contribution is 2.18. The van der Waals surface area contributed by atoms with Crippen LogP contribution in [0.2, 0.25) is 0 Å². The van der Waals surface area contributed by atoms with Crippen LogP contribution in [-0.4, -0.2) is 28.2 Å². The van der Waals surface area contributed by atoms with Crippen molar-refractivity contribution in [3.8, 4) is 17.0 Å². The molecule has 0 saturated carbocycles. The van der Waals surface area contributed by atoms with E-state index in [1.807, 2.05) is 55.5 Å². The number of benzene rings is 2. The molecule has 0 aliphatic rings. The van der Waals surface area contributed by atoms with Crippen molar-refractivity contribution in [3.63, 3.8) is 0 Å². The Morgan fingerprint density at radius 3 is 2.40 bits per heavy atom. The first-order valence-corrected chi connectivity index (χ1v) is 9.49. The van der Waals surface area contributed by atoms with Gasteiger partial charge in [-0.2, -0.15) is 5.10 Å². The number of hydrogen-bond acceptors (Lipinski definition) is 5. The van der Waals surface area contributed by atoms with E-state index in [9.17, 15) is 14.4 Å². The SMILES string of the molecule is CCc1ccccc1OCC(=O)NNC(=O)Cn1nc(-c2ccccc2)ccc1=O. The highest BCUT2D eigenvalue weighted by molar-refractivity contribution is 5.82. The van der Waals surface area contributed by atoms with Gasteiger partial charge in [0.1, 0.15) is 12.3 Å². The first kappa shape index (κ1) is 20.8. The number of aryl methyl sites for hydroxylation is 1. The molecule has 8 nitrogen and oxygen atoms in total. The van der Waals surface area contributed by atoms with Gasteiger partial charge in [-0.15, -0.1) is 0 Å². The lowest BCUT2D eigenvalue weighted by Gasteiger charge is -2.11. The molecule has 154 valence electrons. The zero-order valence-corrected chi connectivity index (χ0v) is 16.5. The van der Waals surface area contributed by atoms with Gasteiger partial charge in [-0.1, -0.05) is 55.5 Å². The second kappa shape index (κ2) is 10.0. The summed E-state index contributed by atoms with van der Waals surface area (Å²) < 4.78 is 6.53. The van der Waals surface area contributed by atoms with Crippen LogP contribution in [0.15, 0.2) is 71.5 Å². The van der Waals surface area contributed by atoms with E-state index in [0.717, 1.165) is 22.2 Å². The summed E-state index contributed by atoms with van der Waals surface area (Å²) in [6, 6.07) is 19.7. The summed E-state index contributed by atoms with van der Waals surface area (Å²) in [5, 5.41) is 4.21. The van der Waals surface area contributed by atoms with Gasteiger partial charge in [0.05, 0.1) is 5.69 Å². The third-order valence-corrected chi connectivity index (χ3v) is 4.28. The molecular formula is C22H22N4O4. The number of ether oxygens (including phenoxy) is 1. The fraction of sp³-hybridized carbons (Fsp3) is 0.182. The van der Waals surface area contributed by atoms with E-state index < -0.39 is 17.4 Å². The van der Waals surface area contributed by atoms with E-state index >= 15 is 0 Å². The quantitative estimate of drug-likeness (QED) is 0.582. The smallest absolute Gasteiger partial charge is 0.276 e. The lowest BCUT2D eigenvalue weighted by Crippen LogP contribution is -2.46. The van der Waals surface area contributed by atoms with Crippen LogP contribution in [0.4, 0.5) is 0 Å². The number of para-hydroxylation sites is 1. The third-order valence-electron chi connectivity index (χ3n) is 4.28. The Labute approximate surface area is 173 Å². The molecule has 0 atom stereocenters. The minimum Gasteiger partial charge on any atom is -0.483 e. The minimum atomic E-state index is -0.586. The van der Waals surface area contributed by atoms with Crippen LogP contribution in [-0.2, 0) is 22.6 Å². The van der Waals surface area contributed by atoms with Crippen molar-refractivity contribution in [2.45, 2.75) is 19.9 Å². The van der Waals surface area contributed by atoms with Gasteiger partial charge in [-0.3, -0.25) is 25.2 Å². The Morgan fingerprint density at radius 1 is 0.933 bits per heavy atom. The van der Waals surface area contributed by atoms with E-state index in [2.05, 4.69) is 16.0 Å². The molecule has 3 rings (SSSR count). The first-order chi connectivity index (χ1) is 14.6. The predicted octanol–water partition coefficient (Wildman–Crippen LogP) is 1.70. The van der Waals surface area contributed by atoms with E-state index in [0.29, 0.717) is 11.4 Å². The van der Waals surface area contributed by atoms with Gasteiger partial charge in [-0.25, -0.2) is 4.68 Å². The summed E-state index contributed by atoms with van der Waals surface area (Å²) in [6.07, 6.45) is 0.776. The number of hydrazine groups is 1. The molecule has 0 aliphatic carbocycles. The molecule has 0 spiro atoms. The highest BCUT2D eigenvalue weighted by Gasteiger charge is 2.10. The van der Waals surface area contributed by atoms with Crippen molar-refractivity contribution < 1.29 is 14.3 Å². The maximum absolute atomic E-state index is 12.1. The molecule has 0 radical (unpaired) electrons. The second-order valence-electron chi connectivity index (χ2n) is 6.43. The standard InChI is InChI=1S/C22H22N4O4/c1-2-16-8-6-7-11-19(16)30-15-21(28)24-23-20(27)14-26-22(29)13-12-18(25-26)17-9-4-3-5-10-17/h3-13H,2,14-15H2,1H3,(H,23,27)(H,24,28). The molecule has 3 aromatic rings. The lowest BCUT2D eigenvalue weighted by atomic mass is 10.1. The van der Waals surface area contributed by atoms with Crippen LogP contribution in [0.1, 0.15) is 12.5 Å². The Hall–Kier alpha value is -3.94. The van der Waals surface area contributed by atoms with Crippen molar-refractivity contribution in [1.82, 2.24) is 20.6 Å². The summed E-state index contributed by atoms with van der Waals surface area (Å²) in [4.78, 5) is 36.1. The van der Waals surface area contributed by atoms with Gasteiger partial charge in [0, 0.05) is 11.6 Å². The van der Waals surface area contributed by atoms with Gasteiger partial charge in [0.15, 0.2) is 6.61 Å². The summed E-state index contributed by atoms with van der Waals surface area (Å²) in [7, 11) is 0. The summed E-state index contributed by atoms with van der Waals surface area (Å²) >= 11 is 0. The summed E-state index contributed by atoms with van der Waals surface area (Å²) in [5.41, 5.74) is 6.49. The van der Waals surface area contributed by atoms with Crippen LogP contribution >= 0.6 is 0 Å². The molecule has 8 heteroatoms. The molecule has 0 fully saturated rings. The fourth-order valence-corrected chi connectivity index (χ4v) is 2.76. The maximum atomic E-state index is 12.1. The first-order valence-electron chi connectivity index (χ1n) is 9.49. The lowest BCUT2D eigenvalue weighted by molar-refractivity contribution is -0.130. The van der Waals surface area contributed by atoms with Crippen molar-refractivity contribution in [1.29, 1.82) is 0 Å². The van der Waals surface area contributed by atoms with Crippen molar-refractivity contribution in [2.75, 3.05) is 6.61 Å². The number of rotatable bonds is 7. The van der Waals surface area contributed by atoms with E-state index in [1.54, 1.807) is 12.1 Å². The van der Waals surface area contributed by atoms with Gasteiger partial charge < -0.3 is 4.74 Å². The molecular weight excluding hydrogens is 384 g/mol. The van der Waals surface area contributed by atoms with Crippen molar-refractivity contribution >= 4 is 11.8 Å². The van der Waals surface area contributed by atoms with E-state index in [-0.39, 0.29) is 13.2 Å². The topological polar surface area (TPSA) is 102 Å². The molecule has 0 bridgehead atoms. The summed E-state index contributed by atoms with van der Waals surface area (Å²) in [6.45, 7) is 1.41. The largest absolute Gasteiger partial charge is 0.483 e. The summed E-state index contributed by atoms with van der Waals surface area (Å²) in [5.74, 6) is -0.486. The molecule has 2 aromatic carbocycles. The van der Waals surface area contributed by atoms with Crippen LogP contribution in [0, 0.1) is 0 Å². The molecule has 0 saturated heterocycles. The van der Waals surface area contributed by atoms with Crippen LogP contribution in [0.5, 0.6) is 5.75 Å². The van der Waals surface area contributed by atoms with Crippen LogP contribution in [0.25, 0.3) is 11.3 Å². The molecule has 2 N–H and O–H groups in total. The fourth-order valence-electron chi connectivity index (χ4n) is 2.76. The van der Waals surface area contributed by atoms with Crippen LogP contribution < -0.4 is 21.1 Å². The Bertz CT molecular complexity index is 1080. The monoisotopic (exact) mass is 406 g/mol. The average Bonchev–Trinajstić information content (AvgIpc) is 2.78. The molecule has 0 unspecified atom stereocenters. The molecule has 1 aromatic heterocycles. The number of nitrogens with zero attached hydrogens (tertiary/aromatic N) is 2. The zero-order valence-electron chi connectivity index (χ0n) is 16.5. The predicted molar refractivity (Wildman–Crippen MR) is 112 cm³/mol. The molecule has 30 heavy (non-hydrogen) atoms. The van der Waals surface area contributed by atoms with E-state index in [1.165, 1.54) is 6.07 Å². The molecule has 1 heterocycles. The van der Waals surface area contributed by atoms with Crippen LogP contribution in [0.3, 0.4) is 0 Å². The Balaban J connectivity index is 1.53. The Kier molecular flexibility index (Phi) is 6.94. The van der Waals surface area contributed by atoms with Gasteiger partial charge in [0.25, 0.3) is 17.4 Å². The van der Waals surface area contributed by atoms with Gasteiger partial charge in [0.2, 0.25) is 0 Å². The zero-order chi connectivity index (χ0) is 21.3. The second-order valence-corrected chi connectivity index (χ2v) is 6.43. The molecule has 2 amide bonds. The number of hydrogen-bond donors (Lipinski definition) is 2. The maximum Gasteiger partial charge on any atom is 0.276 e. The number of amides is 2. The van der Waals surface area contributed by atoms with Gasteiger partial charge in [-0.05, 0) is 24.1 Å². The number of nitrogens with one attached hydrogen (secondary N) is 2. The Morgan fingerprint density at radius 2 is 1.63 bits per heavy atom. The van der Waals surface area contributed by atoms with Gasteiger partial charge >= 0.3 is 0 Å². The van der Waals surface area contributed by atoms with E-state index in [4.69, 9.17) is 4.74 Å². The number of carbonyl (C=O) groups excluding carboxylic acids is 2. The number of carbonyl (C=O) groups is 2. The average molecular weight is 406 g/mol. The molecule has 0 aliphatic heterocycles. The third kappa shape index (κ3) is 5.54. The van der Waals surface area contributed by atoms with Crippen molar-refractivity contribution in [3.05, 3.63) is 82.6 Å². The van der Waals surface area contributed by atoms with Crippen molar-refractivity contribution in [2.24, 2.45) is 0 Å². The highest BCUT2D eigenvalue weighted by atomic mass is 16.5. The normalized spacial score (nSPS) is 10.3. The number of aromatic nitrogens is 2. The minimum absolute atomic E-state index is 0.251.